The molecule has 0 saturated heterocycles. The Balaban J connectivity index is 2.10. The second kappa shape index (κ2) is 6.90. The van der Waals surface area contributed by atoms with Gasteiger partial charge >= 0.3 is 12.1 Å². The van der Waals surface area contributed by atoms with Gasteiger partial charge in [-0.3, -0.25) is 0 Å². The lowest BCUT2D eigenvalue weighted by molar-refractivity contribution is -0.138. The summed E-state index contributed by atoms with van der Waals surface area (Å²) in [5.74, 6) is -1.06. The number of aliphatic carboxylic acids is 1. The number of carbonyl (C=O) groups excluding carboxylic acids is 1. The first-order valence-electron chi connectivity index (χ1n) is 6.39. The van der Waals surface area contributed by atoms with Gasteiger partial charge in [0.25, 0.3) is 0 Å². The third-order valence-corrected chi connectivity index (χ3v) is 4.66. The summed E-state index contributed by atoms with van der Waals surface area (Å²) in [6, 6.07) is 11.9. The van der Waals surface area contributed by atoms with Crippen LogP contribution in [-0.4, -0.2) is 23.2 Å². The molecule has 0 aliphatic heterocycles. The van der Waals surface area contributed by atoms with Crippen molar-refractivity contribution in [3.05, 3.63) is 58.8 Å². The number of amides is 1. The first-order valence-corrected chi connectivity index (χ1v) is 7.70. The molecule has 1 amide bonds. The Morgan fingerprint density at radius 1 is 1.19 bits per heavy atom. The molecule has 1 aromatic heterocycles. The summed E-state index contributed by atoms with van der Waals surface area (Å²) < 4.78 is 6.48. The fourth-order valence-corrected chi connectivity index (χ4v) is 3.27. The Bertz CT molecular complexity index is 597. The van der Waals surface area contributed by atoms with Gasteiger partial charge in [0.2, 0.25) is 0 Å². The Morgan fingerprint density at radius 2 is 1.81 bits per heavy atom. The van der Waals surface area contributed by atoms with Crippen LogP contribution in [0.25, 0.3) is 0 Å². The summed E-state index contributed by atoms with van der Waals surface area (Å²) >= 11 is 0. The monoisotopic (exact) mass is 306 g/mol. The van der Waals surface area contributed by atoms with Crippen LogP contribution >= 0.6 is 10.7 Å². The highest BCUT2D eigenvalue weighted by Gasteiger charge is 2.35. The lowest BCUT2D eigenvalue weighted by atomic mass is 10.2. The van der Waals surface area contributed by atoms with E-state index in [0.29, 0.717) is 0 Å². The van der Waals surface area contributed by atoms with Crippen molar-refractivity contribution >= 4 is 22.7 Å². The summed E-state index contributed by atoms with van der Waals surface area (Å²) in [6.45, 7) is 1.59. The van der Waals surface area contributed by atoms with E-state index in [2.05, 4.69) is 0 Å². The quantitative estimate of drug-likeness (QED) is 0.862. The Hall–Kier alpha value is -2.34. The Morgan fingerprint density at radius 3 is 2.38 bits per heavy atom. The molecule has 1 aromatic carbocycles. The molecule has 5 nitrogen and oxygen atoms in total. The van der Waals surface area contributed by atoms with Crippen molar-refractivity contribution in [1.29, 1.82) is 0 Å². The summed E-state index contributed by atoms with van der Waals surface area (Å²) in [4.78, 5) is 23.4. The molecule has 0 bridgehead atoms. The van der Waals surface area contributed by atoms with Gasteiger partial charge in [0.05, 0.1) is 0 Å². The first kappa shape index (κ1) is 15.1. The van der Waals surface area contributed by atoms with E-state index in [4.69, 9.17) is 9.84 Å². The van der Waals surface area contributed by atoms with Gasteiger partial charge in [-0.1, -0.05) is 34.6 Å². The van der Waals surface area contributed by atoms with Gasteiger partial charge in [-0.05, 0) is 24.6 Å². The van der Waals surface area contributed by atoms with Crippen LogP contribution in [0.2, 0.25) is 0 Å². The number of nitrogens with zero attached hydrogens (tertiary/aromatic N) is 1. The second-order valence-corrected chi connectivity index (χ2v) is 6.02. The zero-order chi connectivity index (χ0) is 15.2. The van der Waals surface area contributed by atoms with Crippen LogP contribution in [-0.2, 0) is 16.1 Å². The number of carbonyl (C=O) groups is 2. The van der Waals surface area contributed by atoms with Crippen LogP contribution in [0.15, 0.2) is 53.2 Å². The lowest BCUT2D eigenvalue weighted by Gasteiger charge is -2.17. The minimum atomic E-state index is -1.06. The molecule has 1 N–H and O–H groups in total. The summed E-state index contributed by atoms with van der Waals surface area (Å²) in [5, 5.41) is 12.7. The molecule has 0 fully saturated rings. The minimum Gasteiger partial charge on any atom is -0.480 e. The van der Waals surface area contributed by atoms with E-state index >= 15 is 0 Å². The van der Waals surface area contributed by atoms with Crippen molar-refractivity contribution in [1.82, 2.24) is 0 Å². The molecular formula is C15H16NO4S+. The van der Waals surface area contributed by atoms with Gasteiger partial charge in [0.1, 0.15) is 17.3 Å². The topological polar surface area (TPSA) is 66.8 Å². The number of thiophene rings is 1. The lowest BCUT2D eigenvalue weighted by Crippen LogP contribution is -2.42. The molecule has 0 aliphatic carbocycles. The molecule has 6 heteroatoms. The Kier molecular flexibility index (Phi) is 4.94. The van der Waals surface area contributed by atoms with E-state index in [1.165, 1.54) is 11.2 Å². The van der Waals surface area contributed by atoms with Crippen molar-refractivity contribution in [3.63, 3.8) is 0 Å². The van der Waals surface area contributed by atoms with Crippen molar-refractivity contribution in [2.24, 2.45) is 0 Å². The zero-order valence-corrected chi connectivity index (χ0v) is 12.3. The molecule has 1 unspecified atom stereocenters. The Labute approximate surface area is 125 Å². The summed E-state index contributed by atoms with van der Waals surface area (Å²) in [7, 11) is -0.687. The van der Waals surface area contributed by atoms with Gasteiger partial charge < -0.3 is 9.84 Å². The van der Waals surface area contributed by atoms with E-state index in [0.717, 1.165) is 5.56 Å². The van der Waals surface area contributed by atoms with E-state index < -0.39 is 28.8 Å². The third-order valence-electron chi connectivity index (χ3n) is 2.87. The maximum Gasteiger partial charge on any atom is 0.456 e. The molecule has 2 aromatic rings. The molecule has 1 atom stereocenters. The summed E-state index contributed by atoms with van der Waals surface area (Å²) in [6.07, 6.45) is -0.631. The largest absolute Gasteiger partial charge is 0.480 e. The molecule has 0 radical (unpaired) electrons. The van der Waals surface area contributed by atoms with Gasteiger partial charge in [-0.2, -0.15) is 0 Å². The maximum absolute atomic E-state index is 12.2. The van der Waals surface area contributed by atoms with Crippen molar-refractivity contribution in [3.8, 4) is 0 Å². The van der Waals surface area contributed by atoms with E-state index in [1.54, 1.807) is 22.9 Å². The molecule has 110 valence electrons. The number of hydrogen-bond acceptors (Lipinski definition) is 3. The van der Waals surface area contributed by atoms with Gasteiger partial charge in [0.15, 0.2) is 16.8 Å². The molecular weight excluding hydrogens is 290 g/mol. The van der Waals surface area contributed by atoms with Crippen LogP contribution in [0, 0.1) is 0 Å². The average molecular weight is 306 g/mol. The van der Waals surface area contributed by atoms with Crippen molar-refractivity contribution in [2.45, 2.75) is 19.6 Å². The second-order valence-electron chi connectivity index (χ2n) is 4.38. The van der Waals surface area contributed by atoms with E-state index in [1.807, 2.05) is 30.3 Å². The molecule has 0 spiro atoms. The smallest absolute Gasteiger partial charge is 0.456 e. The van der Waals surface area contributed by atoms with Crippen LogP contribution in [0.3, 0.4) is 0 Å². The van der Waals surface area contributed by atoms with Crippen LogP contribution in [0.5, 0.6) is 0 Å². The summed E-state index contributed by atoms with van der Waals surface area (Å²) in [5.41, 5.74) is 0.856. The van der Waals surface area contributed by atoms with Gasteiger partial charge in [0, 0.05) is 0 Å². The molecule has 0 aliphatic rings. The normalized spacial score (nSPS) is 11.7. The van der Waals surface area contributed by atoms with Crippen LogP contribution < -0.4 is 4.31 Å². The number of ether oxygens (including phenoxy) is 1. The first-order chi connectivity index (χ1) is 10.1. The molecule has 0 saturated carbocycles. The van der Waals surface area contributed by atoms with Crippen molar-refractivity contribution < 1.29 is 19.4 Å². The average Bonchev–Trinajstić information content (AvgIpc) is 3.00. The standard InChI is InChI=1S/C15H15NO4S/c1-12(14(17)18)16(21-9-5-6-10-21)15(19)20-11-13-7-3-2-4-8-13/h2-10,12H,11H2,1H3/p+1. The molecule has 1 heterocycles. The maximum atomic E-state index is 12.2. The number of benzene rings is 1. The zero-order valence-electron chi connectivity index (χ0n) is 11.5. The van der Waals surface area contributed by atoms with Crippen LogP contribution in [0.4, 0.5) is 4.79 Å². The fraction of sp³-hybridized carbons (Fsp3) is 0.200. The number of rotatable bonds is 5. The third kappa shape index (κ3) is 3.82. The van der Waals surface area contributed by atoms with E-state index in [9.17, 15) is 9.59 Å². The van der Waals surface area contributed by atoms with Crippen molar-refractivity contribution in [2.75, 3.05) is 4.31 Å². The van der Waals surface area contributed by atoms with Crippen LogP contribution in [0.1, 0.15) is 12.5 Å². The predicted octanol–water partition coefficient (Wildman–Crippen LogP) is 3.18. The number of carboxylic acid groups (broad SMARTS) is 1. The molecule has 2 rings (SSSR count). The highest BCUT2D eigenvalue weighted by atomic mass is 32.2. The highest BCUT2D eigenvalue weighted by molar-refractivity contribution is 7.31. The molecule has 21 heavy (non-hydrogen) atoms. The van der Waals surface area contributed by atoms with E-state index in [-0.39, 0.29) is 6.61 Å². The SMILES string of the molecule is CC(C(=O)O)N(C(=O)OCc1ccccc1)[s+]1cccc1. The fourth-order valence-electron chi connectivity index (χ4n) is 1.74. The minimum absolute atomic E-state index is 0.118. The highest BCUT2D eigenvalue weighted by Crippen LogP contribution is 2.24. The predicted molar refractivity (Wildman–Crippen MR) is 80.9 cm³/mol. The van der Waals surface area contributed by atoms with Gasteiger partial charge in [-0.15, -0.1) is 0 Å². The number of hydrogen-bond donors (Lipinski definition) is 1. The van der Waals surface area contributed by atoms with Gasteiger partial charge in [-0.25, -0.2) is 9.59 Å². The number of carboxylic acids is 1.